The highest BCUT2D eigenvalue weighted by molar-refractivity contribution is 8.00. The van der Waals surface area contributed by atoms with Gasteiger partial charge in [-0.25, -0.2) is 0 Å². The molecule has 5 nitrogen and oxygen atoms in total. The SMILES string of the molecule is NC(=O)CN(Cc1ccccc1N)C(=O)C1CCCS1. The lowest BCUT2D eigenvalue weighted by molar-refractivity contribution is -0.135. The van der Waals surface area contributed by atoms with Crippen LogP contribution in [0.4, 0.5) is 5.69 Å². The summed E-state index contributed by atoms with van der Waals surface area (Å²) in [6.07, 6.45) is 1.90. The third-order valence-corrected chi connectivity index (χ3v) is 4.64. The Kier molecular flexibility index (Phi) is 4.89. The molecule has 20 heavy (non-hydrogen) atoms. The van der Waals surface area contributed by atoms with Gasteiger partial charge in [-0.15, -0.1) is 11.8 Å². The Morgan fingerprint density at radius 2 is 2.10 bits per heavy atom. The van der Waals surface area contributed by atoms with Crippen LogP contribution in [0.1, 0.15) is 18.4 Å². The van der Waals surface area contributed by atoms with Crippen molar-refractivity contribution in [1.29, 1.82) is 0 Å². The molecule has 0 saturated carbocycles. The number of amides is 2. The van der Waals surface area contributed by atoms with Gasteiger partial charge in [-0.3, -0.25) is 9.59 Å². The molecule has 1 unspecified atom stereocenters. The lowest BCUT2D eigenvalue weighted by atomic mass is 10.1. The number of anilines is 1. The Hall–Kier alpha value is -1.69. The van der Waals surface area contributed by atoms with Crippen LogP contribution >= 0.6 is 11.8 Å². The van der Waals surface area contributed by atoms with Crippen molar-refractivity contribution in [3.8, 4) is 0 Å². The molecule has 0 aromatic heterocycles. The number of nitrogen functional groups attached to an aromatic ring is 1. The van der Waals surface area contributed by atoms with E-state index in [1.165, 1.54) is 4.90 Å². The van der Waals surface area contributed by atoms with E-state index >= 15 is 0 Å². The highest BCUT2D eigenvalue weighted by Crippen LogP contribution is 2.28. The second-order valence-corrected chi connectivity index (χ2v) is 6.17. The summed E-state index contributed by atoms with van der Waals surface area (Å²) in [7, 11) is 0. The molecule has 1 heterocycles. The number of nitrogens with zero attached hydrogens (tertiary/aromatic N) is 1. The first-order chi connectivity index (χ1) is 9.58. The number of hydrogen-bond donors (Lipinski definition) is 2. The van der Waals surface area contributed by atoms with E-state index in [1.807, 2.05) is 18.2 Å². The van der Waals surface area contributed by atoms with E-state index in [-0.39, 0.29) is 17.7 Å². The van der Waals surface area contributed by atoms with E-state index in [9.17, 15) is 9.59 Å². The first-order valence-corrected chi connectivity index (χ1v) is 7.65. The maximum Gasteiger partial charge on any atom is 0.237 e. The van der Waals surface area contributed by atoms with Gasteiger partial charge in [-0.1, -0.05) is 18.2 Å². The van der Waals surface area contributed by atoms with E-state index in [4.69, 9.17) is 11.5 Å². The molecule has 1 atom stereocenters. The van der Waals surface area contributed by atoms with Crippen LogP contribution in [0.2, 0.25) is 0 Å². The van der Waals surface area contributed by atoms with Gasteiger partial charge < -0.3 is 16.4 Å². The van der Waals surface area contributed by atoms with E-state index in [1.54, 1.807) is 17.8 Å². The van der Waals surface area contributed by atoms with Crippen molar-refractivity contribution in [1.82, 2.24) is 4.90 Å². The van der Waals surface area contributed by atoms with Crippen LogP contribution in [0.5, 0.6) is 0 Å². The van der Waals surface area contributed by atoms with Crippen molar-refractivity contribution in [2.45, 2.75) is 24.6 Å². The van der Waals surface area contributed by atoms with Gasteiger partial charge in [0.2, 0.25) is 11.8 Å². The van der Waals surface area contributed by atoms with Crippen molar-refractivity contribution < 1.29 is 9.59 Å². The second-order valence-electron chi connectivity index (χ2n) is 4.86. The van der Waals surface area contributed by atoms with Gasteiger partial charge in [0.15, 0.2) is 0 Å². The third-order valence-electron chi connectivity index (χ3n) is 3.28. The molecular formula is C14H19N3O2S. The summed E-state index contributed by atoms with van der Waals surface area (Å²) in [6.45, 7) is 0.260. The molecule has 6 heteroatoms. The van der Waals surface area contributed by atoms with Crippen LogP contribution in [0.25, 0.3) is 0 Å². The molecule has 1 aliphatic heterocycles. The fraction of sp³-hybridized carbons (Fsp3) is 0.429. The van der Waals surface area contributed by atoms with Crippen molar-refractivity contribution in [2.75, 3.05) is 18.0 Å². The highest BCUT2D eigenvalue weighted by atomic mass is 32.2. The zero-order valence-corrected chi connectivity index (χ0v) is 12.1. The van der Waals surface area contributed by atoms with Crippen molar-refractivity contribution in [2.24, 2.45) is 5.73 Å². The summed E-state index contributed by atoms with van der Waals surface area (Å²) in [4.78, 5) is 25.2. The maximum atomic E-state index is 12.5. The zero-order valence-electron chi connectivity index (χ0n) is 11.2. The summed E-state index contributed by atoms with van der Waals surface area (Å²) in [6, 6.07) is 7.35. The zero-order chi connectivity index (χ0) is 14.5. The van der Waals surface area contributed by atoms with E-state index < -0.39 is 5.91 Å². The first-order valence-electron chi connectivity index (χ1n) is 6.60. The predicted molar refractivity (Wildman–Crippen MR) is 80.9 cm³/mol. The summed E-state index contributed by atoms with van der Waals surface area (Å²) in [5.74, 6) is 0.472. The Balaban J connectivity index is 2.12. The molecule has 0 radical (unpaired) electrons. The Bertz CT molecular complexity index is 501. The lowest BCUT2D eigenvalue weighted by Crippen LogP contribution is -2.41. The van der Waals surface area contributed by atoms with E-state index in [0.717, 1.165) is 24.2 Å². The monoisotopic (exact) mass is 293 g/mol. The summed E-state index contributed by atoms with van der Waals surface area (Å²) < 4.78 is 0. The topological polar surface area (TPSA) is 89.4 Å². The first kappa shape index (κ1) is 14.7. The van der Waals surface area contributed by atoms with Gasteiger partial charge in [0.05, 0.1) is 11.8 Å². The number of hydrogen-bond acceptors (Lipinski definition) is 4. The van der Waals surface area contributed by atoms with Crippen LogP contribution in [-0.4, -0.2) is 34.3 Å². The van der Waals surface area contributed by atoms with Crippen molar-refractivity contribution in [3.05, 3.63) is 29.8 Å². The number of carbonyl (C=O) groups excluding carboxylic acids is 2. The lowest BCUT2D eigenvalue weighted by Gasteiger charge is -2.24. The van der Waals surface area contributed by atoms with Crippen LogP contribution < -0.4 is 11.5 Å². The fourth-order valence-electron chi connectivity index (χ4n) is 2.26. The summed E-state index contributed by atoms with van der Waals surface area (Å²) in [5, 5.41) is -0.0562. The normalized spacial score (nSPS) is 17.9. The average Bonchev–Trinajstić information content (AvgIpc) is 2.93. The van der Waals surface area contributed by atoms with E-state index in [0.29, 0.717) is 12.2 Å². The average molecular weight is 293 g/mol. The highest BCUT2D eigenvalue weighted by Gasteiger charge is 2.28. The molecule has 1 fully saturated rings. The number of carbonyl (C=O) groups is 2. The maximum absolute atomic E-state index is 12.5. The van der Waals surface area contributed by atoms with Crippen LogP contribution in [0.3, 0.4) is 0 Å². The van der Waals surface area contributed by atoms with E-state index in [2.05, 4.69) is 0 Å². The van der Waals surface area contributed by atoms with Crippen LogP contribution in [0, 0.1) is 0 Å². The van der Waals surface area contributed by atoms with Gasteiger partial charge in [0.1, 0.15) is 0 Å². The second kappa shape index (κ2) is 6.65. The number of para-hydroxylation sites is 1. The molecular weight excluding hydrogens is 274 g/mol. The van der Waals surface area contributed by atoms with Crippen LogP contribution in [0.15, 0.2) is 24.3 Å². The quantitative estimate of drug-likeness (QED) is 0.792. The van der Waals surface area contributed by atoms with Gasteiger partial charge in [0, 0.05) is 12.2 Å². The van der Waals surface area contributed by atoms with Crippen molar-refractivity contribution in [3.63, 3.8) is 0 Å². The smallest absolute Gasteiger partial charge is 0.237 e. The van der Waals surface area contributed by atoms with Gasteiger partial charge in [-0.05, 0) is 30.2 Å². The molecule has 0 spiro atoms. The van der Waals surface area contributed by atoms with Crippen molar-refractivity contribution >= 4 is 29.3 Å². The molecule has 1 aromatic carbocycles. The van der Waals surface area contributed by atoms with Gasteiger partial charge in [0.25, 0.3) is 0 Å². The molecule has 1 aliphatic rings. The largest absolute Gasteiger partial charge is 0.398 e. The molecule has 0 aliphatic carbocycles. The Morgan fingerprint density at radius 3 is 2.70 bits per heavy atom. The Morgan fingerprint density at radius 1 is 1.35 bits per heavy atom. The number of thioether (sulfide) groups is 1. The minimum atomic E-state index is -0.504. The number of benzene rings is 1. The molecule has 0 bridgehead atoms. The molecule has 2 amide bonds. The number of rotatable bonds is 5. The summed E-state index contributed by atoms with van der Waals surface area (Å²) >= 11 is 1.65. The number of nitrogens with two attached hydrogens (primary N) is 2. The summed E-state index contributed by atoms with van der Waals surface area (Å²) in [5.41, 5.74) is 12.6. The minimum absolute atomic E-state index is 0.0189. The Labute approximate surface area is 122 Å². The van der Waals surface area contributed by atoms with Gasteiger partial charge in [-0.2, -0.15) is 0 Å². The molecule has 1 aromatic rings. The number of primary amides is 1. The minimum Gasteiger partial charge on any atom is -0.398 e. The fourth-order valence-corrected chi connectivity index (χ4v) is 3.50. The predicted octanol–water partition coefficient (Wildman–Crippen LogP) is 0.978. The molecule has 4 N–H and O–H groups in total. The molecule has 1 saturated heterocycles. The van der Waals surface area contributed by atoms with Crippen LogP contribution in [-0.2, 0) is 16.1 Å². The molecule has 2 rings (SSSR count). The van der Waals surface area contributed by atoms with Gasteiger partial charge >= 0.3 is 0 Å². The third kappa shape index (κ3) is 3.66. The molecule has 108 valence electrons. The standard InChI is InChI=1S/C14H19N3O2S/c15-11-5-2-1-4-10(11)8-17(9-13(16)18)14(19)12-6-3-7-20-12/h1-2,4-5,12H,3,6-9,15H2,(H2,16,18).